The van der Waals surface area contributed by atoms with Gasteiger partial charge in [-0.2, -0.15) is 12.6 Å². The molecule has 2 amide bonds. The quantitative estimate of drug-likeness (QED) is 0.112. The Morgan fingerprint density at radius 3 is 2.23 bits per heavy atom. The van der Waals surface area contributed by atoms with Crippen molar-refractivity contribution in [3.05, 3.63) is 0 Å². The maximum absolute atomic E-state index is 12.7. The van der Waals surface area contributed by atoms with Crippen molar-refractivity contribution in [2.45, 2.75) is 103 Å². The van der Waals surface area contributed by atoms with Gasteiger partial charge in [-0.15, -0.1) is 0 Å². The third-order valence-electron chi connectivity index (χ3n) is 7.49. The summed E-state index contributed by atoms with van der Waals surface area (Å²) in [5.41, 5.74) is 0. The molecular weight excluding hydrogens is 536 g/mol. The monoisotopic (exact) mass is 584 g/mol. The van der Waals surface area contributed by atoms with Crippen molar-refractivity contribution in [1.82, 2.24) is 10.6 Å². The predicted octanol–water partition coefficient (Wildman–Crippen LogP) is 3.30. The molecule has 0 bridgehead atoms. The van der Waals surface area contributed by atoms with Crippen LogP contribution in [0, 0.1) is 17.8 Å². The lowest BCUT2D eigenvalue weighted by Crippen LogP contribution is -2.34. The summed E-state index contributed by atoms with van der Waals surface area (Å²) < 4.78 is 5.38. The Hall–Kier alpha value is -2.27. The maximum atomic E-state index is 12.7. The van der Waals surface area contributed by atoms with Gasteiger partial charge >= 0.3 is 5.97 Å². The molecule has 0 heterocycles. The third kappa shape index (κ3) is 16.1. The van der Waals surface area contributed by atoms with E-state index in [2.05, 4.69) is 23.3 Å². The molecule has 0 aliphatic heterocycles. The van der Waals surface area contributed by atoms with E-state index in [0.717, 1.165) is 44.9 Å². The molecular formula is C29H48N2O8S. The molecule has 1 aliphatic rings. The highest BCUT2D eigenvalue weighted by Gasteiger charge is 2.26. The zero-order valence-corrected chi connectivity index (χ0v) is 25.0. The van der Waals surface area contributed by atoms with Gasteiger partial charge in [-0.25, -0.2) is 0 Å². The van der Waals surface area contributed by atoms with E-state index in [4.69, 9.17) is 9.84 Å². The summed E-state index contributed by atoms with van der Waals surface area (Å²) in [5.74, 6) is -1.16. The Morgan fingerprint density at radius 1 is 0.900 bits per heavy atom. The summed E-state index contributed by atoms with van der Waals surface area (Å²) in [6, 6.07) is 0. The fourth-order valence-electron chi connectivity index (χ4n) is 4.85. The van der Waals surface area contributed by atoms with Crippen LogP contribution in [-0.2, 0) is 33.5 Å². The molecule has 0 radical (unpaired) electrons. The van der Waals surface area contributed by atoms with Crippen molar-refractivity contribution in [2.24, 2.45) is 17.8 Å². The third-order valence-corrected chi connectivity index (χ3v) is 7.90. The fourth-order valence-corrected chi connectivity index (χ4v) is 5.02. The van der Waals surface area contributed by atoms with Crippen LogP contribution in [0.1, 0.15) is 97.3 Å². The molecule has 11 heteroatoms. The summed E-state index contributed by atoms with van der Waals surface area (Å²) >= 11 is 3.88. The van der Waals surface area contributed by atoms with Crippen LogP contribution in [-0.4, -0.2) is 71.8 Å². The molecule has 1 rings (SSSR count). The Morgan fingerprint density at radius 2 is 1.60 bits per heavy atom. The van der Waals surface area contributed by atoms with Crippen molar-refractivity contribution in [3.8, 4) is 0 Å². The number of amides is 2. The summed E-state index contributed by atoms with van der Waals surface area (Å²) in [6.45, 7) is 4.81. The number of hydrogen-bond donors (Lipinski definition) is 4. The van der Waals surface area contributed by atoms with Crippen molar-refractivity contribution in [1.29, 1.82) is 0 Å². The normalized spacial score (nSPS) is 18.4. The molecule has 3 N–H and O–H groups in total. The fraction of sp³-hybridized carbons (Fsp3) is 0.793. The predicted molar refractivity (Wildman–Crippen MR) is 154 cm³/mol. The second kappa shape index (κ2) is 20.6. The summed E-state index contributed by atoms with van der Waals surface area (Å²) in [4.78, 5) is 70.8. The molecule has 228 valence electrons. The van der Waals surface area contributed by atoms with E-state index in [0.29, 0.717) is 44.9 Å². The number of Topliss-reactive ketones (excluding diaryl/α,β-unsaturated/α-hetero) is 3. The second-order valence-electron chi connectivity index (χ2n) is 10.8. The minimum absolute atomic E-state index is 0.00528. The van der Waals surface area contributed by atoms with Gasteiger partial charge in [-0.3, -0.25) is 28.8 Å². The molecule has 40 heavy (non-hydrogen) atoms. The molecule has 1 aliphatic carbocycles. The first-order chi connectivity index (χ1) is 19.0. The van der Waals surface area contributed by atoms with Crippen molar-refractivity contribution < 1.29 is 38.6 Å². The lowest BCUT2D eigenvalue weighted by molar-refractivity contribution is -0.138. The number of unbranched alkanes of at least 4 members (excludes halogenated alkanes) is 2. The number of carbonyl (C=O) groups excluding carboxylic acids is 5. The Labute approximate surface area is 243 Å². The van der Waals surface area contributed by atoms with Gasteiger partial charge in [0.15, 0.2) is 0 Å². The summed E-state index contributed by atoms with van der Waals surface area (Å²) in [6.07, 6.45) is 7.58. The highest BCUT2D eigenvalue weighted by atomic mass is 32.1. The Kier molecular flexibility index (Phi) is 18.4. The van der Waals surface area contributed by atoms with Gasteiger partial charge in [-0.05, 0) is 51.4 Å². The van der Waals surface area contributed by atoms with Crippen LogP contribution in [0.5, 0.6) is 0 Å². The van der Waals surface area contributed by atoms with Gasteiger partial charge in [0.1, 0.15) is 22.6 Å². The molecule has 0 aromatic carbocycles. The number of thiol groups is 1. The van der Waals surface area contributed by atoms with Gasteiger partial charge in [0.05, 0.1) is 13.2 Å². The van der Waals surface area contributed by atoms with Gasteiger partial charge < -0.3 is 20.5 Å². The van der Waals surface area contributed by atoms with Gasteiger partial charge in [0.2, 0.25) is 11.8 Å². The summed E-state index contributed by atoms with van der Waals surface area (Å²) in [5, 5.41) is 13.3. The molecule has 10 nitrogen and oxygen atoms in total. The van der Waals surface area contributed by atoms with E-state index in [1.165, 1.54) is 6.92 Å². The number of carboxylic acid groups (broad SMARTS) is 1. The van der Waals surface area contributed by atoms with Gasteiger partial charge in [-0.1, -0.05) is 19.8 Å². The molecule has 0 saturated heterocycles. The SMILES string of the molecule is CCC(=O)NCCOCCC(=O)CC(CCCCCC(=O)C1CCC(CNC(=O)CC(S)C(=O)O)CC1)C(C)=O. The number of hydrogen-bond acceptors (Lipinski definition) is 8. The summed E-state index contributed by atoms with van der Waals surface area (Å²) in [7, 11) is 0. The zero-order chi connectivity index (χ0) is 29.9. The smallest absolute Gasteiger partial charge is 0.316 e. The minimum Gasteiger partial charge on any atom is -0.480 e. The van der Waals surface area contributed by atoms with E-state index in [1.807, 2.05) is 0 Å². The Balaban J connectivity index is 2.17. The van der Waals surface area contributed by atoms with E-state index in [-0.39, 0.29) is 66.9 Å². The van der Waals surface area contributed by atoms with E-state index in [9.17, 15) is 28.8 Å². The van der Waals surface area contributed by atoms with Crippen molar-refractivity contribution in [3.63, 3.8) is 0 Å². The lowest BCUT2D eigenvalue weighted by atomic mass is 9.79. The number of nitrogens with one attached hydrogen (secondary N) is 2. The van der Waals surface area contributed by atoms with E-state index >= 15 is 0 Å². The van der Waals surface area contributed by atoms with Crippen LogP contribution in [0.25, 0.3) is 0 Å². The highest BCUT2D eigenvalue weighted by molar-refractivity contribution is 7.81. The topological polar surface area (TPSA) is 156 Å². The molecule has 0 aromatic rings. The Bertz CT molecular complexity index is 842. The largest absolute Gasteiger partial charge is 0.480 e. The number of ketones is 3. The molecule has 0 spiro atoms. The van der Waals surface area contributed by atoms with Crippen molar-refractivity contribution >= 4 is 47.8 Å². The lowest BCUT2D eigenvalue weighted by Gasteiger charge is -2.28. The first kappa shape index (κ1) is 35.8. The van der Waals surface area contributed by atoms with Crippen LogP contribution in [0.3, 0.4) is 0 Å². The van der Waals surface area contributed by atoms with Gasteiger partial charge in [0, 0.05) is 57.0 Å². The first-order valence-electron chi connectivity index (χ1n) is 14.6. The van der Waals surface area contributed by atoms with Crippen LogP contribution < -0.4 is 10.6 Å². The standard InChI is InChI=1S/C29H48N2O8S/c1-3-27(35)30-14-16-39-15-13-24(33)17-23(20(2)32)7-5-4-6-8-25(34)22-11-9-21(10-12-22)19-31-28(36)18-26(40)29(37)38/h21-23,26,40H,3-19H2,1-2H3,(H,30,35)(H,31,36)(H,37,38). The van der Waals surface area contributed by atoms with Crippen LogP contribution in [0.4, 0.5) is 0 Å². The second-order valence-corrected chi connectivity index (χ2v) is 11.4. The van der Waals surface area contributed by atoms with E-state index < -0.39 is 11.2 Å². The van der Waals surface area contributed by atoms with Gasteiger partial charge in [0.25, 0.3) is 0 Å². The van der Waals surface area contributed by atoms with Crippen molar-refractivity contribution in [2.75, 3.05) is 26.3 Å². The van der Waals surface area contributed by atoms with Crippen LogP contribution >= 0.6 is 12.6 Å². The van der Waals surface area contributed by atoms with Crippen LogP contribution in [0.15, 0.2) is 0 Å². The molecule has 1 saturated carbocycles. The van der Waals surface area contributed by atoms with E-state index in [1.54, 1.807) is 6.92 Å². The maximum Gasteiger partial charge on any atom is 0.316 e. The molecule has 2 unspecified atom stereocenters. The average molecular weight is 585 g/mol. The number of carbonyl (C=O) groups is 6. The number of carboxylic acids is 1. The average Bonchev–Trinajstić information content (AvgIpc) is 2.92. The minimum atomic E-state index is -1.11. The first-order valence-corrected chi connectivity index (χ1v) is 15.1. The highest BCUT2D eigenvalue weighted by Crippen LogP contribution is 2.30. The number of rotatable bonds is 22. The molecule has 0 aromatic heterocycles. The zero-order valence-electron chi connectivity index (χ0n) is 24.1. The number of aliphatic carboxylic acids is 1. The van der Waals surface area contributed by atoms with Crippen LogP contribution in [0.2, 0.25) is 0 Å². The number of ether oxygens (including phenoxy) is 1. The molecule has 1 fully saturated rings. The molecule has 2 atom stereocenters.